The molecule has 0 unspecified atom stereocenters. The third-order valence-corrected chi connectivity index (χ3v) is 3.03. The van der Waals surface area contributed by atoms with Crippen molar-refractivity contribution in [3.8, 4) is 11.5 Å². The van der Waals surface area contributed by atoms with Gasteiger partial charge in [0.2, 0.25) is 0 Å². The molecule has 0 bridgehead atoms. The first-order chi connectivity index (χ1) is 9.22. The Bertz CT molecular complexity index is 538. The van der Waals surface area contributed by atoms with Crippen molar-refractivity contribution in [3.05, 3.63) is 58.6 Å². The number of benzene rings is 2. The third-order valence-electron chi connectivity index (χ3n) is 2.73. The summed E-state index contributed by atoms with van der Waals surface area (Å²) in [6, 6.07) is 12.7. The van der Waals surface area contributed by atoms with Gasteiger partial charge in [-0.15, -0.1) is 0 Å². The standard InChI is InChI=1S/C15H15ClO3/c16-14-9-12(10-18)3-6-15(14)19-13-4-1-11(2-5-13)7-8-17/h1-6,9,17-18H,7-8,10H2. The summed E-state index contributed by atoms with van der Waals surface area (Å²) in [6.45, 7) is 0.0878. The van der Waals surface area contributed by atoms with E-state index in [9.17, 15) is 0 Å². The summed E-state index contributed by atoms with van der Waals surface area (Å²) in [5, 5.41) is 18.3. The number of hydrogen-bond donors (Lipinski definition) is 2. The summed E-state index contributed by atoms with van der Waals surface area (Å²) < 4.78 is 5.67. The molecule has 2 aromatic rings. The van der Waals surface area contributed by atoms with Gasteiger partial charge in [-0.2, -0.15) is 0 Å². The van der Waals surface area contributed by atoms with Crippen molar-refractivity contribution in [3.63, 3.8) is 0 Å². The van der Waals surface area contributed by atoms with Gasteiger partial charge < -0.3 is 14.9 Å². The second-order valence-corrected chi connectivity index (χ2v) is 4.55. The molecule has 2 N–H and O–H groups in total. The Labute approximate surface area is 117 Å². The van der Waals surface area contributed by atoms with Crippen LogP contribution in [0.3, 0.4) is 0 Å². The smallest absolute Gasteiger partial charge is 0.146 e. The fourth-order valence-electron chi connectivity index (χ4n) is 1.71. The van der Waals surface area contributed by atoms with Crippen LogP contribution in [0.2, 0.25) is 5.02 Å². The molecule has 0 aliphatic carbocycles. The van der Waals surface area contributed by atoms with Crippen molar-refractivity contribution in [1.82, 2.24) is 0 Å². The molecule has 4 heteroatoms. The van der Waals surface area contributed by atoms with E-state index < -0.39 is 0 Å². The Morgan fingerprint density at radius 1 is 0.947 bits per heavy atom. The Hall–Kier alpha value is -1.55. The minimum atomic E-state index is -0.0458. The average Bonchev–Trinajstić information content (AvgIpc) is 2.43. The minimum Gasteiger partial charge on any atom is -0.456 e. The van der Waals surface area contributed by atoms with Crippen LogP contribution in [0, 0.1) is 0 Å². The topological polar surface area (TPSA) is 49.7 Å². The van der Waals surface area contributed by atoms with E-state index in [0.717, 1.165) is 11.1 Å². The highest BCUT2D eigenvalue weighted by molar-refractivity contribution is 6.32. The predicted octanol–water partition coefficient (Wildman–Crippen LogP) is 3.16. The van der Waals surface area contributed by atoms with E-state index in [4.69, 9.17) is 26.6 Å². The van der Waals surface area contributed by atoms with Gasteiger partial charge in [-0.3, -0.25) is 0 Å². The van der Waals surface area contributed by atoms with Crippen molar-refractivity contribution in [1.29, 1.82) is 0 Å². The van der Waals surface area contributed by atoms with Crippen molar-refractivity contribution >= 4 is 11.6 Å². The molecular formula is C15H15ClO3. The monoisotopic (exact) mass is 278 g/mol. The molecule has 0 aliphatic heterocycles. The maximum atomic E-state index is 9.00. The Balaban J connectivity index is 2.12. The van der Waals surface area contributed by atoms with Gasteiger partial charge in [-0.05, 0) is 41.8 Å². The van der Waals surface area contributed by atoms with Gasteiger partial charge in [0, 0.05) is 6.61 Å². The Morgan fingerprint density at radius 2 is 1.63 bits per heavy atom. The lowest BCUT2D eigenvalue weighted by molar-refractivity contribution is 0.281. The number of hydrogen-bond acceptors (Lipinski definition) is 3. The molecule has 100 valence electrons. The minimum absolute atomic E-state index is 0.0458. The molecule has 0 atom stereocenters. The van der Waals surface area contributed by atoms with Crippen LogP contribution in [0.1, 0.15) is 11.1 Å². The normalized spacial score (nSPS) is 10.5. The highest BCUT2D eigenvalue weighted by Crippen LogP contribution is 2.30. The maximum Gasteiger partial charge on any atom is 0.146 e. The first kappa shape index (κ1) is 13.9. The number of aliphatic hydroxyl groups is 2. The van der Waals surface area contributed by atoms with Gasteiger partial charge >= 0.3 is 0 Å². The van der Waals surface area contributed by atoms with Gasteiger partial charge in [0.15, 0.2) is 0 Å². The zero-order valence-electron chi connectivity index (χ0n) is 10.3. The lowest BCUT2D eigenvalue weighted by Gasteiger charge is -2.09. The van der Waals surface area contributed by atoms with Crippen LogP contribution >= 0.6 is 11.6 Å². The molecule has 0 saturated heterocycles. The molecule has 0 aromatic heterocycles. The zero-order valence-corrected chi connectivity index (χ0v) is 11.1. The van der Waals surface area contributed by atoms with Gasteiger partial charge in [0.1, 0.15) is 11.5 Å². The lowest BCUT2D eigenvalue weighted by atomic mass is 10.1. The number of rotatable bonds is 5. The molecule has 3 nitrogen and oxygen atoms in total. The van der Waals surface area contributed by atoms with E-state index in [1.54, 1.807) is 18.2 Å². The van der Waals surface area contributed by atoms with E-state index in [2.05, 4.69) is 0 Å². The third kappa shape index (κ3) is 3.70. The van der Waals surface area contributed by atoms with Crippen LogP contribution in [0.15, 0.2) is 42.5 Å². The average molecular weight is 279 g/mol. The summed E-state index contributed by atoms with van der Waals surface area (Å²) >= 11 is 6.07. The fraction of sp³-hybridized carbons (Fsp3) is 0.200. The van der Waals surface area contributed by atoms with Crippen LogP contribution in [-0.4, -0.2) is 16.8 Å². The van der Waals surface area contributed by atoms with Crippen LogP contribution in [0.5, 0.6) is 11.5 Å². The molecule has 0 fully saturated rings. The molecule has 2 aromatic carbocycles. The number of halogens is 1. The number of ether oxygens (including phenoxy) is 1. The van der Waals surface area contributed by atoms with Gasteiger partial charge in [-0.25, -0.2) is 0 Å². The SMILES string of the molecule is OCCc1ccc(Oc2ccc(CO)cc2Cl)cc1. The first-order valence-electron chi connectivity index (χ1n) is 6.00. The maximum absolute atomic E-state index is 9.00. The summed E-state index contributed by atoms with van der Waals surface area (Å²) in [4.78, 5) is 0. The van der Waals surface area contributed by atoms with Gasteiger partial charge in [-0.1, -0.05) is 29.8 Å². The van der Waals surface area contributed by atoms with Gasteiger partial charge in [0.25, 0.3) is 0 Å². The molecule has 0 radical (unpaired) electrons. The molecule has 0 heterocycles. The van der Waals surface area contributed by atoms with Crippen molar-refractivity contribution in [2.75, 3.05) is 6.61 Å². The molecule has 2 rings (SSSR count). The molecule has 19 heavy (non-hydrogen) atoms. The second-order valence-electron chi connectivity index (χ2n) is 4.14. The summed E-state index contributed by atoms with van der Waals surface area (Å²) in [6.07, 6.45) is 0.631. The molecule has 0 aliphatic rings. The lowest BCUT2D eigenvalue weighted by Crippen LogP contribution is -1.91. The van der Waals surface area contributed by atoms with Crippen LogP contribution in [0.25, 0.3) is 0 Å². The fourth-order valence-corrected chi connectivity index (χ4v) is 1.95. The van der Waals surface area contributed by atoms with Crippen molar-refractivity contribution < 1.29 is 14.9 Å². The summed E-state index contributed by atoms with van der Waals surface area (Å²) in [5.74, 6) is 1.23. The zero-order chi connectivity index (χ0) is 13.7. The van der Waals surface area contributed by atoms with E-state index in [1.165, 1.54) is 0 Å². The number of aliphatic hydroxyl groups excluding tert-OH is 2. The summed E-state index contributed by atoms with van der Waals surface area (Å²) in [5.41, 5.74) is 1.80. The Kier molecular flexibility index (Phi) is 4.80. The van der Waals surface area contributed by atoms with Crippen LogP contribution in [-0.2, 0) is 13.0 Å². The largest absolute Gasteiger partial charge is 0.456 e. The van der Waals surface area contributed by atoms with E-state index in [0.29, 0.717) is 22.9 Å². The molecule has 0 saturated carbocycles. The van der Waals surface area contributed by atoms with E-state index in [-0.39, 0.29) is 13.2 Å². The second kappa shape index (κ2) is 6.57. The van der Waals surface area contributed by atoms with Crippen molar-refractivity contribution in [2.24, 2.45) is 0 Å². The molecule has 0 amide bonds. The quantitative estimate of drug-likeness (QED) is 0.883. The molecule has 0 spiro atoms. The first-order valence-corrected chi connectivity index (χ1v) is 6.37. The molecular weight excluding hydrogens is 264 g/mol. The van der Waals surface area contributed by atoms with Gasteiger partial charge in [0.05, 0.1) is 11.6 Å². The highest BCUT2D eigenvalue weighted by atomic mass is 35.5. The summed E-state index contributed by atoms with van der Waals surface area (Å²) in [7, 11) is 0. The van der Waals surface area contributed by atoms with E-state index >= 15 is 0 Å². The predicted molar refractivity (Wildman–Crippen MR) is 74.7 cm³/mol. The van der Waals surface area contributed by atoms with E-state index in [1.807, 2.05) is 24.3 Å². The van der Waals surface area contributed by atoms with Crippen LogP contribution < -0.4 is 4.74 Å². The van der Waals surface area contributed by atoms with Crippen molar-refractivity contribution in [2.45, 2.75) is 13.0 Å². The Morgan fingerprint density at radius 3 is 2.21 bits per heavy atom. The highest BCUT2D eigenvalue weighted by Gasteiger charge is 2.04. The van der Waals surface area contributed by atoms with Crippen LogP contribution in [0.4, 0.5) is 0 Å².